The Morgan fingerprint density at radius 1 is 0.857 bits per heavy atom. The van der Waals surface area contributed by atoms with Crippen LogP contribution in [0.2, 0.25) is 0 Å². The highest BCUT2D eigenvalue weighted by atomic mass is 16.4. The summed E-state index contributed by atoms with van der Waals surface area (Å²) in [4.78, 5) is 10.3. The minimum atomic E-state index is -0.717. The van der Waals surface area contributed by atoms with Gasteiger partial charge in [0.05, 0.1) is 5.76 Å². The maximum atomic E-state index is 10.3. The van der Waals surface area contributed by atoms with Crippen LogP contribution in [-0.2, 0) is 4.79 Å². The van der Waals surface area contributed by atoms with Crippen molar-refractivity contribution >= 4 is 5.97 Å². The molecule has 0 aromatic heterocycles. The van der Waals surface area contributed by atoms with E-state index in [4.69, 9.17) is 5.11 Å². The van der Waals surface area contributed by atoms with Crippen LogP contribution in [0.1, 0.15) is 71.1 Å². The first-order valence-electron chi connectivity index (χ1n) is 8.10. The lowest BCUT2D eigenvalue weighted by Crippen LogP contribution is -1.93. The molecule has 2 N–H and O–H groups in total. The molecule has 120 valence electrons. The molecule has 3 heteroatoms. The quantitative estimate of drug-likeness (QED) is 0.266. The summed E-state index contributed by atoms with van der Waals surface area (Å²) in [5, 5.41) is 18.2. The number of carboxylic acids is 1. The number of hydrogen-bond acceptors (Lipinski definition) is 2. The predicted molar refractivity (Wildman–Crippen MR) is 88.5 cm³/mol. The van der Waals surface area contributed by atoms with Gasteiger partial charge >= 0.3 is 5.97 Å². The van der Waals surface area contributed by atoms with Crippen LogP contribution < -0.4 is 0 Å². The van der Waals surface area contributed by atoms with Crippen molar-refractivity contribution in [3.05, 3.63) is 36.1 Å². The van der Waals surface area contributed by atoms with Gasteiger partial charge in [-0.3, -0.25) is 4.79 Å². The molecule has 3 nitrogen and oxygen atoms in total. The molecule has 0 saturated carbocycles. The Bertz CT molecular complexity index is 340. The molecule has 0 fully saturated rings. The second-order valence-electron chi connectivity index (χ2n) is 5.27. The molecule has 0 spiro atoms. The molecule has 0 radical (unpaired) electrons. The van der Waals surface area contributed by atoms with E-state index in [1.807, 2.05) is 18.2 Å². The molecule has 0 unspecified atom stereocenters. The Hall–Kier alpha value is -1.51. The smallest absolute Gasteiger partial charge is 0.303 e. The lowest BCUT2D eigenvalue weighted by atomic mass is 10.1. The summed E-state index contributed by atoms with van der Waals surface area (Å²) in [6, 6.07) is 0. The predicted octanol–water partition coefficient (Wildman–Crippen LogP) is 5.55. The molecule has 21 heavy (non-hydrogen) atoms. The summed E-state index contributed by atoms with van der Waals surface area (Å²) in [5.41, 5.74) is 0. The number of aliphatic hydroxyl groups is 1. The summed E-state index contributed by atoms with van der Waals surface area (Å²) in [5.74, 6) is -0.301. The second-order valence-corrected chi connectivity index (χ2v) is 5.27. The number of aliphatic hydroxyl groups excluding tert-OH is 1. The maximum Gasteiger partial charge on any atom is 0.303 e. The number of allylic oxidation sites excluding steroid dienone is 6. The summed E-state index contributed by atoms with van der Waals surface area (Å²) >= 11 is 0. The summed E-state index contributed by atoms with van der Waals surface area (Å²) in [7, 11) is 0. The molecule has 0 aromatic carbocycles. The lowest BCUT2D eigenvalue weighted by Gasteiger charge is -2.00. The third kappa shape index (κ3) is 16.4. The lowest BCUT2D eigenvalue weighted by molar-refractivity contribution is -0.137. The summed E-state index contributed by atoms with van der Waals surface area (Å²) < 4.78 is 0. The highest BCUT2D eigenvalue weighted by Crippen LogP contribution is 2.10. The average Bonchev–Trinajstić information content (AvgIpc) is 2.45. The first-order valence-corrected chi connectivity index (χ1v) is 8.10. The van der Waals surface area contributed by atoms with Crippen LogP contribution in [0.4, 0.5) is 0 Å². The van der Waals surface area contributed by atoms with Gasteiger partial charge in [-0.1, -0.05) is 63.3 Å². The highest BCUT2D eigenvalue weighted by molar-refractivity contribution is 5.66. The van der Waals surface area contributed by atoms with Gasteiger partial charge in [0, 0.05) is 12.8 Å². The van der Waals surface area contributed by atoms with Crippen LogP contribution >= 0.6 is 0 Å². The van der Waals surface area contributed by atoms with Gasteiger partial charge in [-0.25, -0.2) is 0 Å². The van der Waals surface area contributed by atoms with Crippen LogP contribution in [0.3, 0.4) is 0 Å². The SMILES string of the molecule is CCCCC=CC=CC=C(O)CCCCCCCC(=O)O. The standard InChI is InChI=1S/C18H30O3/c1-2-3-4-5-6-8-11-14-17(19)15-12-9-7-10-13-16-18(20)21/h5-6,8,11,14,19H,2-4,7,9-10,12-13,15-16H2,1H3,(H,20,21). The van der Waals surface area contributed by atoms with Crippen LogP contribution in [0.15, 0.2) is 36.1 Å². The zero-order valence-corrected chi connectivity index (χ0v) is 13.3. The Balaban J connectivity index is 3.53. The van der Waals surface area contributed by atoms with E-state index in [0.717, 1.165) is 38.5 Å². The number of hydrogen-bond donors (Lipinski definition) is 2. The zero-order valence-electron chi connectivity index (χ0n) is 13.3. The van der Waals surface area contributed by atoms with Gasteiger partial charge in [0.25, 0.3) is 0 Å². The number of aliphatic carboxylic acids is 1. The zero-order chi connectivity index (χ0) is 15.8. The first kappa shape index (κ1) is 19.5. The van der Waals surface area contributed by atoms with Gasteiger partial charge in [0.15, 0.2) is 0 Å². The van der Waals surface area contributed by atoms with E-state index in [9.17, 15) is 9.90 Å². The number of carbonyl (C=O) groups is 1. The summed E-state index contributed by atoms with van der Waals surface area (Å²) in [6.45, 7) is 2.18. The van der Waals surface area contributed by atoms with Crippen molar-refractivity contribution in [2.24, 2.45) is 0 Å². The molecule has 0 aliphatic rings. The molecular formula is C18H30O3. The third-order valence-electron chi connectivity index (χ3n) is 3.19. The van der Waals surface area contributed by atoms with E-state index in [1.165, 1.54) is 12.8 Å². The van der Waals surface area contributed by atoms with Gasteiger partial charge in [-0.2, -0.15) is 0 Å². The average molecular weight is 294 g/mol. The minimum Gasteiger partial charge on any atom is -0.512 e. The first-order chi connectivity index (χ1) is 10.2. The van der Waals surface area contributed by atoms with Crippen LogP contribution in [0.5, 0.6) is 0 Å². The molecule has 0 aliphatic carbocycles. The second kappa shape index (κ2) is 14.9. The van der Waals surface area contributed by atoms with Gasteiger partial charge in [-0.15, -0.1) is 0 Å². The number of unbranched alkanes of at least 4 members (excludes halogenated alkanes) is 6. The van der Waals surface area contributed by atoms with E-state index in [-0.39, 0.29) is 6.42 Å². The van der Waals surface area contributed by atoms with Crippen molar-refractivity contribution in [1.82, 2.24) is 0 Å². The molecule has 0 bridgehead atoms. The fourth-order valence-corrected chi connectivity index (χ4v) is 1.92. The van der Waals surface area contributed by atoms with Crippen LogP contribution in [0.25, 0.3) is 0 Å². The molecule has 0 heterocycles. The maximum absolute atomic E-state index is 10.3. The third-order valence-corrected chi connectivity index (χ3v) is 3.19. The van der Waals surface area contributed by atoms with E-state index < -0.39 is 5.97 Å². The fraction of sp³-hybridized carbons (Fsp3) is 0.611. The summed E-state index contributed by atoms with van der Waals surface area (Å²) in [6.07, 6.45) is 19.0. The van der Waals surface area contributed by atoms with E-state index in [2.05, 4.69) is 13.0 Å². The Morgan fingerprint density at radius 2 is 1.52 bits per heavy atom. The largest absolute Gasteiger partial charge is 0.512 e. The Labute approximate surface area is 129 Å². The van der Waals surface area contributed by atoms with Crippen molar-refractivity contribution < 1.29 is 15.0 Å². The van der Waals surface area contributed by atoms with Crippen molar-refractivity contribution in [2.45, 2.75) is 71.1 Å². The van der Waals surface area contributed by atoms with Gasteiger partial charge < -0.3 is 10.2 Å². The fourth-order valence-electron chi connectivity index (χ4n) is 1.92. The number of rotatable bonds is 13. The normalized spacial score (nSPS) is 12.5. The highest BCUT2D eigenvalue weighted by Gasteiger charge is 1.97. The van der Waals surface area contributed by atoms with E-state index in [1.54, 1.807) is 6.08 Å². The van der Waals surface area contributed by atoms with Crippen molar-refractivity contribution in [3.8, 4) is 0 Å². The van der Waals surface area contributed by atoms with Crippen molar-refractivity contribution in [1.29, 1.82) is 0 Å². The molecule has 0 atom stereocenters. The molecule has 0 saturated heterocycles. The Kier molecular flexibility index (Phi) is 13.8. The van der Waals surface area contributed by atoms with E-state index in [0.29, 0.717) is 12.2 Å². The molecule has 0 rings (SSSR count). The molecule has 0 aliphatic heterocycles. The monoisotopic (exact) mass is 294 g/mol. The Morgan fingerprint density at radius 3 is 2.19 bits per heavy atom. The van der Waals surface area contributed by atoms with Crippen molar-refractivity contribution in [2.75, 3.05) is 0 Å². The minimum absolute atomic E-state index is 0.266. The topological polar surface area (TPSA) is 57.5 Å². The van der Waals surface area contributed by atoms with Gasteiger partial charge in [0.1, 0.15) is 0 Å². The van der Waals surface area contributed by atoms with Crippen LogP contribution in [0, 0.1) is 0 Å². The van der Waals surface area contributed by atoms with E-state index >= 15 is 0 Å². The van der Waals surface area contributed by atoms with Crippen molar-refractivity contribution in [3.63, 3.8) is 0 Å². The van der Waals surface area contributed by atoms with Gasteiger partial charge in [-0.05, 0) is 25.3 Å². The molecule has 0 amide bonds. The molecular weight excluding hydrogens is 264 g/mol. The van der Waals surface area contributed by atoms with Gasteiger partial charge in [0.2, 0.25) is 0 Å². The van der Waals surface area contributed by atoms with Crippen LogP contribution in [-0.4, -0.2) is 16.2 Å². The number of carboxylic acid groups (broad SMARTS) is 1. The molecule has 0 aromatic rings.